The molecule has 0 rings (SSSR count). The third-order valence-electron chi connectivity index (χ3n) is 0.952. The van der Waals surface area contributed by atoms with Crippen LogP contribution >= 0.6 is 74.5 Å². The molecule has 0 aromatic heterocycles. The maximum absolute atomic E-state index is 10.2. The first-order valence-electron chi connectivity index (χ1n) is 4.83. The summed E-state index contributed by atoms with van der Waals surface area (Å²) < 4.78 is 4.62. The summed E-state index contributed by atoms with van der Waals surface area (Å²) in [7, 11) is 0. The summed E-state index contributed by atoms with van der Waals surface area (Å²) in [5.74, 6) is -0.226. The van der Waals surface area contributed by atoms with Crippen LogP contribution in [0.4, 0.5) is 0 Å². The Balaban J connectivity index is -0.0000000552. The molecule has 3 nitrogen and oxygen atoms in total. The first-order valence-corrected chi connectivity index (χ1v) is 23.7. The fourth-order valence-corrected chi connectivity index (χ4v) is 0.400. The van der Waals surface area contributed by atoms with Crippen LogP contribution in [0.5, 0.6) is 0 Å². The van der Waals surface area contributed by atoms with Crippen molar-refractivity contribution in [3.8, 4) is 0 Å². The van der Waals surface area contributed by atoms with E-state index in [-0.39, 0.29) is 13.4 Å². The Morgan fingerprint density at radius 3 is 1.74 bits per heavy atom. The molecule has 0 N–H and O–H groups in total. The van der Waals surface area contributed by atoms with Gasteiger partial charge in [-0.3, -0.25) is 4.79 Å². The van der Waals surface area contributed by atoms with Crippen molar-refractivity contribution in [2.24, 2.45) is 0 Å². The second-order valence-electron chi connectivity index (χ2n) is 2.31. The number of aldehydes is 1. The number of hydrogen-bond acceptors (Lipinski definition) is 3. The van der Waals surface area contributed by atoms with E-state index >= 15 is 0 Å². The van der Waals surface area contributed by atoms with E-state index in [0.717, 1.165) is 12.7 Å². The molecule has 0 saturated carbocycles. The third-order valence-corrected chi connectivity index (χ3v) is 0.952. The summed E-state index contributed by atoms with van der Waals surface area (Å²) in [6.45, 7) is 5.65. The number of ether oxygens (including phenoxy) is 1. The molecule has 120 valence electrons. The van der Waals surface area contributed by atoms with Crippen LogP contribution in [0.2, 0.25) is 0 Å². The van der Waals surface area contributed by atoms with Crippen molar-refractivity contribution < 1.29 is 27.6 Å². The number of esters is 1. The molecule has 0 aromatic rings. The van der Waals surface area contributed by atoms with E-state index in [4.69, 9.17) is 0 Å². The normalized spacial score (nSPS) is 7.53. The monoisotopic (exact) mass is 837 g/mol. The van der Waals surface area contributed by atoms with Gasteiger partial charge in [-0.25, -0.2) is 0 Å². The summed E-state index contributed by atoms with van der Waals surface area (Å²) in [4.78, 5) is 19.3. The Bertz CT molecular complexity index is 178. The Morgan fingerprint density at radius 1 is 1.16 bits per heavy atom. The molecular formula is C11H22I5O3-. The molecular weight excluding hydrogens is 815 g/mol. The van der Waals surface area contributed by atoms with Crippen LogP contribution in [0.15, 0.2) is 12.2 Å². The summed E-state index contributed by atoms with van der Waals surface area (Å²) in [6.07, 6.45) is 6.30. The van der Waals surface area contributed by atoms with Crippen molar-refractivity contribution >= 4 is 86.7 Å². The van der Waals surface area contributed by atoms with Gasteiger partial charge in [-0.1, -0.05) is 33.4 Å². The number of allylic oxidation sites excluding steroid dienone is 1. The van der Waals surface area contributed by atoms with E-state index in [1.165, 1.54) is 6.92 Å². The summed E-state index contributed by atoms with van der Waals surface area (Å²) in [5, 5.41) is 0. The second-order valence-corrected chi connectivity index (χ2v) is 18.6. The van der Waals surface area contributed by atoms with Gasteiger partial charge in [0.1, 0.15) is 12.9 Å². The summed E-state index contributed by atoms with van der Waals surface area (Å²) in [6, 6.07) is 0. The second kappa shape index (κ2) is 42.8. The molecule has 0 atom stereocenters. The molecule has 0 spiro atoms. The minimum absolute atomic E-state index is 0. The first kappa shape index (κ1) is 33.2. The summed E-state index contributed by atoms with van der Waals surface area (Å²) in [5.41, 5.74) is 0. The predicted molar refractivity (Wildman–Crippen MR) is 115 cm³/mol. The molecule has 0 heterocycles. The molecule has 0 aliphatic heterocycles. The van der Waals surface area contributed by atoms with Gasteiger partial charge in [-0.05, 0) is 6.42 Å². The molecule has 0 bridgehead atoms. The van der Waals surface area contributed by atoms with Gasteiger partial charge >= 0.3 is 56.5 Å². The van der Waals surface area contributed by atoms with Crippen molar-refractivity contribution in [3.63, 3.8) is 0 Å². The SMILES string of the molecule is C.CC/C=C\COC(C)=O.CCC=O.II.I[I-]I. The zero-order valence-corrected chi connectivity index (χ0v) is 21.3. The van der Waals surface area contributed by atoms with Crippen molar-refractivity contribution in [1.82, 2.24) is 0 Å². The van der Waals surface area contributed by atoms with Crippen molar-refractivity contribution in [2.75, 3.05) is 6.61 Å². The predicted octanol–water partition coefficient (Wildman–Crippen LogP) is 3.29. The van der Waals surface area contributed by atoms with E-state index < -0.39 is 0 Å². The number of rotatable bonds is 4. The summed E-state index contributed by atoms with van der Waals surface area (Å²) >= 11 is 9.54. The molecule has 0 aliphatic rings. The van der Waals surface area contributed by atoms with Gasteiger partial charge < -0.3 is 9.53 Å². The average Bonchev–Trinajstić information content (AvgIpc) is 2.38. The van der Waals surface area contributed by atoms with Gasteiger partial charge in [0, 0.05) is 50.6 Å². The fraction of sp³-hybridized carbons (Fsp3) is 0.636. The van der Waals surface area contributed by atoms with E-state index in [1.54, 1.807) is 0 Å². The van der Waals surface area contributed by atoms with Crippen LogP contribution in [0.25, 0.3) is 0 Å². The Hall–Kier alpha value is 2.53. The Morgan fingerprint density at radius 2 is 1.53 bits per heavy atom. The average molecular weight is 837 g/mol. The van der Waals surface area contributed by atoms with Crippen molar-refractivity contribution in [3.05, 3.63) is 12.2 Å². The van der Waals surface area contributed by atoms with E-state index in [0.29, 0.717) is 26.3 Å². The Labute approximate surface area is 171 Å². The van der Waals surface area contributed by atoms with Gasteiger partial charge in [0.15, 0.2) is 0 Å². The van der Waals surface area contributed by atoms with Crippen molar-refractivity contribution in [1.29, 1.82) is 0 Å². The van der Waals surface area contributed by atoms with Gasteiger partial charge in [0.2, 0.25) is 0 Å². The van der Waals surface area contributed by atoms with Gasteiger partial charge in [-0.2, -0.15) is 0 Å². The maximum atomic E-state index is 10.2. The van der Waals surface area contributed by atoms with Crippen LogP contribution in [-0.2, 0) is 14.3 Å². The number of carbonyl (C=O) groups excluding carboxylic acids is 2. The van der Waals surface area contributed by atoms with Gasteiger partial charge in [0.05, 0.1) is 0 Å². The molecule has 0 aliphatic carbocycles. The van der Waals surface area contributed by atoms with Crippen LogP contribution in [0.3, 0.4) is 0 Å². The Kier molecular flexibility index (Phi) is 74.8. The number of hydrogen-bond donors (Lipinski definition) is 0. The fourth-order valence-electron chi connectivity index (χ4n) is 0.400. The zero-order valence-electron chi connectivity index (χ0n) is 10.5. The van der Waals surface area contributed by atoms with Gasteiger partial charge in [-0.15, -0.1) is 0 Å². The quantitative estimate of drug-likeness (QED) is 0.189. The first-order chi connectivity index (χ1) is 8.60. The van der Waals surface area contributed by atoms with Crippen molar-refractivity contribution in [2.45, 2.75) is 41.0 Å². The van der Waals surface area contributed by atoms with E-state index in [9.17, 15) is 9.59 Å². The minimum atomic E-state index is -0.226. The van der Waals surface area contributed by atoms with Crippen LogP contribution in [0.1, 0.15) is 41.0 Å². The topological polar surface area (TPSA) is 43.4 Å². The van der Waals surface area contributed by atoms with Gasteiger partial charge in [0.25, 0.3) is 0 Å². The van der Waals surface area contributed by atoms with Crippen LogP contribution < -0.4 is 13.3 Å². The number of halogens is 5. The van der Waals surface area contributed by atoms with E-state index in [2.05, 4.69) is 79.2 Å². The zero-order chi connectivity index (χ0) is 15.2. The molecule has 19 heavy (non-hydrogen) atoms. The molecule has 0 saturated heterocycles. The number of carbonyl (C=O) groups is 2. The third kappa shape index (κ3) is 77.6. The van der Waals surface area contributed by atoms with Crippen LogP contribution in [0, 0.1) is 0 Å². The molecule has 0 aromatic carbocycles. The molecule has 0 unspecified atom stereocenters. The molecule has 0 radical (unpaired) electrons. The molecule has 0 fully saturated rings. The molecule has 0 amide bonds. The standard InChI is InChI=1S/C7H12O2.C3H6O.CH4.I3.I2/c1-3-4-5-6-9-7(2)8;1-2-3-4;;1-3-2;1-2/h4-5H,3,6H2,1-2H3;3H,2H2,1H3;1H4;;/q;;;-1;/b5-4-;;;;. The van der Waals surface area contributed by atoms with E-state index in [1.807, 2.05) is 26.0 Å². The molecule has 8 heteroatoms. The van der Waals surface area contributed by atoms with Crippen LogP contribution in [-0.4, -0.2) is 18.9 Å².